The zero-order chi connectivity index (χ0) is 20.5. The second kappa shape index (κ2) is 7.63. The van der Waals surface area contributed by atoms with Crippen molar-refractivity contribution in [3.8, 4) is 0 Å². The topological polar surface area (TPSA) is 77.9 Å². The van der Waals surface area contributed by atoms with Crippen LogP contribution in [-0.2, 0) is 0 Å². The molecule has 3 aromatic rings. The molecule has 2 aliphatic rings. The lowest BCUT2D eigenvalue weighted by atomic mass is 10.0. The quantitative estimate of drug-likeness (QED) is 0.633. The summed E-state index contributed by atoms with van der Waals surface area (Å²) < 4.78 is 0. The summed E-state index contributed by atoms with van der Waals surface area (Å²) in [5.41, 5.74) is 4.53. The van der Waals surface area contributed by atoms with Crippen LogP contribution in [-0.4, -0.2) is 43.8 Å². The summed E-state index contributed by atoms with van der Waals surface area (Å²) in [6.07, 6.45) is 0. The van der Waals surface area contributed by atoms with Crippen molar-refractivity contribution in [3.63, 3.8) is 0 Å². The van der Waals surface area contributed by atoms with Crippen LogP contribution in [0.4, 0.5) is 5.69 Å². The van der Waals surface area contributed by atoms with Crippen molar-refractivity contribution >= 4 is 34.0 Å². The van der Waals surface area contributed by atoms with Crippen molar-refractivity contribution < 1.29 is 4.79 Å². The molecule has 0 spiro atoms. The average Bonchev–Trinajstić information content (AvgIpc) is 3.47. The van der Waals surface area contributed by atoms with E-state index in [1.54, 1.807) is 0 Å². The number of hydrogen-bond acceptors (Lipinski definition) is 5. The van der Waals surface area contributed by atoms with Gasteiger partial charge in [-0.05, 0) is 48.0 Å². The van der Waals surface area contributed by atoms with Gasteiger partial charge in [-0.3, -0.25) is 14.8 Å². The summed E-state index contributed by atoms with van der Waals surface area (Å²) in [5, 5.41) is 11.9. The van der Waals surface area contributed by atoms with Crippen LogP contribution in [0.5, 0.6) is 0 Å². The monoisotopic (exact) mass is 397 g/mol. The minimum absolute atomic E-state index is 0.131. The minimum Gasteiger partial charge on any atom is -0.368 e. The number of hydrogen-bond donors (Lipinski definition) is 3. The van der Waals surface area contributed by atoms with Crippen LogP contribution in [0.25, 0.3) is 10.8 Å². The Hall–Kier alpha value is -3.67. The highest BCUT2D eigenvalue weighted by Gasteiger charge is 2.19. The van der Waals surface area contributed by atoms with E-state index < -0.39 is 0 Å². The van der Waals surface area contributed by atoms with E-state index in [2.05, 4.69) is 45.0 Å². The molecule has 0 aliphatic carbocycles. The largest absolute Gasteiger partial charge is 0.368 e. The normalized spacial score (nSPS) is 15.4. The predicted octanol–water partition coefficient (Wildman–Crippen LogP) is 3.10. The van der Waals surface area contributed by atoms with Crippen molar-refractivity contribution in [2.24, 2.45) is 9.98 Å². The second-order valence-electron chi connectivity index (χ2n) is 7.59. The maximum Gasteiger partial charge on any atom is 0.255 e. The molecule has 0 unspecified atom stereocenters. The molecule has 0 bridgehead atoms. The first-order valence-corrected chi connectivity index (χ1v) is 10.2. The molecule has 3 aromatic carbocycles. The first kappa shape index (κ1) is 18.4. The van der Waals surface area contributed by atoms with E-state index >= 15 is 0 Å². The Morgan fingerprint density at radius 1 is 0.833 bits per heavy atom. The van der Waals surface area contributed by atoms with Gasteiger partial charge < -0.3 is 16.0 Å². The molecule has 0 saturated carbocycles. The molecule has 0 saturated heterocycles. The van der Waals surface area contributed by atoms with Crippen molar-refractivity contribution in [2.45, 2.75) is 6.92 Å². The van der Waals surface area contributed by atoms with E-state index in [0.717, 1.165) is 65.4 Å². The summed E-state index contributed by atoms with van der Waals surface area (Å²) in [7, 11) is 0. The zero-order valence-electron chi connectivity index (χ0n) is 16.8. The number of carbonyl (C=O) groups is 1. The number of benzene rings is 3. The number of carbonyl (C=O) groups excluding carboxylic acids is 1. The zero-order valence-corrected chi connectivity index (χ0v) is 16.8. The molecule has 0 fully saturated rings. The lowest BCUT2D eigenvalue weighted by molar-refractivity contribution is 0.102. The van der Waals surface area contributed by atoms with Gasteiger partial charge in [0.15, 0.2) is 0 Å². The maximum atomic E-state index is 12.9. The van der Waals surface area contributed by atoms with Crippen LogP contribution in [0.1, 0.15) is 27.0 Å². The van der Waals surface area contributed by atoms with Gasteiger partial charge in [-0.15, -0.1) is 0 Å². The number of aryl methyl sites for hydroxylation is 1. The number of nitrogens with zero attached hydrogens (tertiary/aromatic N) is 2. The first-order chi connectivity index (χ1) is 14.7. The third kappa shape index (κ3) is 3.52. The molecule has 6 heteroatoms. The summed E-state index contributed by atoms with van der Waals surface area (Å²) in [5.74, 6) is 1.59. The molecule has 0 aromatic heterocycles. The Labute approximate surface area is 175 Å². The van der Waals surface area contributed by atoms with E-state index in [1.807, 2.05) is 42.5 Å². The van der Waals surface area contributed by atoms with Gasteiger partial charge in [0.1, 0.15) is 11.7 Å². The van der Waals surface area contributed by atoms with Gasteiger partial charge in [0.25, 0.3) is 5.91 Å². The molecule has 0 atom stereocenters. The van der Waals surface area contributed by atoms with Gasteiger partial charge in [0.05, 0.1) is 13.1 Å². The highest BCUT2D eigenvalue weighted by molar-refractivity contribution is 6.13. The summed E-state index contributed by atoms with van der Waals surface area (Å²) in [6, 6.07) is 17.9. The van der Waals surface area contributed by atoms with Crippen LogP contribution in [0, 0.1) is 6.92 Å². The Kier molecular flexibility index (Phi) is 4.67. The molecule has 1 amide bonds. The molecule has 30 heavy (non-hydrogen) atoms. The predicted molar refractivity (Wildman–Crippen MR) is 122 cm³/mol. The SMILES string of the molecule is Cc1ccc2cc(C(=O)Nc3ccc(C4=NCCN4)c(C4=NCCN4)c3)ccc2c1. The number of anilines is 1. The van der Waals surface area contributed by atoms with Crippen molar-refractivity contribution in [1.82, 2.24) is 10.6 Å². The Balaban J connectivity index is 1.45. The maximum absolute atomic E-state index is 12.9. The Morgan fingerprint density at radius 2 is 1.53 bits per heavy atom. The summed E-state index contributed by atoms with van der Waals surface area (Å²) in [4.78, 5) is 22.0. The fourth-order valence-corrected chi connectivity index (χ4v) is 3.89. The minimum atomic E-state index is -0.131. The molecule has 2 aliphatic heterocycles. The van der Waals surface area contributed by atoms with E-state index in [0.29, 0.717) is 5.56 Å². The number of nitrogens with one attached hydrogen (secondary N) is 3. The molecular formula is C24H23N5O. The van der Waals surface area contributed by atoms with Gasteiger partial charge >= 0.3 is 0 Å². The van der Waals surface area contributed by atoms with E-state index in [9.17, 15) is 4.79 Å². The third-order valence-corrected chi connectivity index (χ3v) is 5.39. The van der Waals surface area contributed by atoms with Crippen molar-refractivity contribution in [2.75, 3.05) is 31.5 Å². The van der Waals surface area contributed by atoms with Crippen molar-refractivity contribution in [3.05, 3.63) is 76.9 Å². The number of fused-ring (bicyclic) bond motifs is 1. The van der Waals surface area contributed by atoms with Crippen LogP contribution in [0.3, 0.4) is 0 Å². The number of aliphatic imine (C=N–C) groups is 2. The van der Waals surface area contributed by atoms with Gasteiger partial charge in [0.2, 0.25) is 0 Å². The fraction of sp³-hybridized carbons (Fsp3) is 0.208. The van der Waals surface area contributed by atoms with Crippen LogP contribution < -0.4 is 16.0 Å². The third-order valence-electron chi connectivity index (χ3n) is 5.39. The summed E-state index contributed by atoms with van der Waals surface area (Å²) in [6.45, 7) is 5.25. The van der Waals surface area contributed by atoms with E-state index in [4.69, 9.17) is 0 Å². The molecule has 0 radical (unpaired) electrons. The molecule has 6 nitrogen and oxygen atoms in total. The van der Waals surface area contributed by atoms with Crippen LogP contribution in [0.2, 0.25) is 0 Å². The smallest absolute Gasteiger partial charge is 0.255 e. The van der Waals surface area contributed by atoms with Crippen molar-refractivity contribution in [1.29, 1.82) is 0 Å². The number of amidine groups is 2. The van der Waals surface area contributed by atoms with Gasteiger partial charge in [-0.25, -0.2) is 0 Å². The van der Waals surface area contributed by atoms with Gasteiger partial charge in [-0.2, -0.15) is 0 Å². The lowest BCUT2D eigenvalue weighted by Crippen LogP contribution is -2.26. The van der Waals surface area contributed by atoms with E-state index in [-0.39, 0.29) is 5.91 Å². The number of amides is 1. The second-order valence-corrected chi connectivity index (χ2v) is 7.59. The van der Waals surface area contributed by atoms with E-state index in [1.165, 1.54) is 5.56 Å². The molecule has 150 valence electrons. The average molecular weight is 397 g/mol. The van der Waals surface area contributed by atoms with Gasteiger partial charge in [-0.1, -0.05) is 29.8 Å². The Morgan fingerprint density at radius 3 is 2.27 bits per heavy atom. The lowest BCUT2D eigenvalue weighted by Gasteiger charge is -2.14. The Bertz CT molecular complexity index is 1210. The first-order valence-electron chi connectivity index (χ1n) is 10.2. The van der Waals surface area contributed by atoms with Gasteiger partial charge in [0, 0.05) is 35.5 Å². The van der Waals surface area contributed by atoms with Crippen LogP contribution in [0.15, 0.2) is 64.6 Å². The molecule has 2 heterocycles. The fourth-order valence-electron chi connectivity index (χ4n) is 3.89. The van der Waals surface area contributed by atoms with Crippen LogP contribution >= 0.6 is 0 Å². The molecule has 5 rings (SSSR count). The standard InChI is InChI=1S/C24H23N5O/c1-15-2-3-17-13-18(5-4-16(17)12-15)24(30)29-19-6-7-20(22-25-8-9-26-22)21(14-19)23-27-10-11-28-23/h2-7,12-14H,8-11H2,1H3,(H,25,26)(H,27,28)(H,29,30). The molecular weight excluding hydrogens is 374 g/mol. The summed E-state index contributed by atoms with van der Waals surface area (Å²) >= 11 is 0. The highest BCUT2D eigenvalue weighted by atomic mass is 16.1. The highest BCUT2D eigenvalue weighted by Crippen LogP contribution is 2.22. The molecule has 3 N–H and O–H groups in total. The number of rotatable bonds is 4.